The Labute approximate surface area is 125 Å². The molecule has 0 aliphatic carbocycles. The van der Waals surface area contributed by atoms with E-state index in [2.05, 4.69) is 42.8 Å². The fourth-order valence-electron chi connectivity index (χ4n) is 1.34. The summed E-state index contributed by atoms with van der Waals surface area (Å²) in [5.74, 6) is 0. The van der Waals surface area contributed by atoms with Crippen LogP contribution in [0, 0.1) is 0 Å². The number of hydrogen-bond acceptors (Lipinski definition) is 6. The third kappa shape index (κ3) is 5.57. The highest BCUT2D eigenvalue weighted by atomic mass is 35.5. The van der Waals surface area contributed by atoms with E-state index in [1.165, 1.54) is 6.42 Å². The summed E-state index contributed by atoms with van der Waals surface area (Å²) >= 11 is 0. The van der Waals surface area contributed by atoms with Crippen LogP contribution in [0.2, 0.25) is 0 Å². The van der Waals surface area contributed by atoms with Crippen molar-refractivity contribution < 1.29 is 0 Å². The van der Waals surface area contributed by atoms with Gasteiger partial charge in [-0.15, -0.1) is 12.4 Å². The Bertz CT molecular complexity index is 274. The molecule has 0 aromatic rings. The molecule has 1 rings (SSSR count). The van der Waals surface area contributed by atoms with Gasteiger partial charge in [0.25, 0.3) is 0 Å². The summed E-state index contributed by atoms with van der Waals surface area (Å²) in [4.78, 5) is 11.4. The van der Waals surface area contributed by atoms with Gasteiger partial charge in [-0.1, -0.05) is 0 Å². The number of halogens is 1. The monoisotopic (exact) mass is 312 g/mol. The van der Waals surface area contributed by atoms with E-state index in [1.807, 2.05) is 24.9 Å². The molecule has 1 heterocycles. The van der Waals surface area contributed by atoms with E-state index in [0.29, 0.717) is 6.04 Å². The maximum absolute atomic E-state index is 4.69. The molecule has 1 aliphatic rings. The molecule has 108 valence electrons. The molecule has 2 atom stereocenters. The van der Waals surface area contributed by atoms with E-state index < -0.39 is 0 Å². The molecule has 0 amide bonds. The predicted molar refractivity (Wildman–Crippen MR) is 87.7 cm³/mol. The van der Waals surface area contributed by atoms with Crippen molar-refractivity contribution in [2.24, 2.45) is 4.99 Å². The van der Waals surface area contributed by atoms with Gasteiger partial charge in [-0.25, -0.2) is 4.99 Å². The normalized spacial score (nSPS) is 20.9. The average Bonchev–Trinajstić information content (AvgIpc) is 2.74. The summed E-state index contributed by atoms with van der Waals surface area (Å²) < 4.78 is 0. The standard InChI is InChI=1S/C11H24N4S2.ClH/c1-9(13(2)3)7-8-15(6)11-12-10(14(4)5)16-17-11;/h9,11H,7-8H2,1-6H3;1H. The first-order valence-corrected chi connectivity index (χ1v) is 8.08. The topological polar surface area (TPSA) is 22.1 Å². The number of hydrogen-bond donors (Lipinski definition) is 0. The van der Waals surface area contributed by atoms with Crippen LogP contribution < -0.4 is 0 Å². The van der Waals surface area contributed by atoms with Gasteiger partial charge in [-0.2, -0.15) is 0 Å². The Balaban J connectivity index is 0.00000289. The Morgan fingerprint density at radius 2 is 1.83 bits per heavy atom. The molecular weight excluding hydrogens is 288 g/mol. The van der Waals surface area contributed by atoms with Crippen molar-refractivity contribution in [3.63, 3.8) is 0 Å². The zero-order valence-electron chi connectivity index (χ0n) is 12.1. The summed E-state index contributed by atoms with van der Waals surface area (Å²) in [5, 5.41) is 1.12. The molecule has 0 fully saturated rings. The van der Waals surface area contributed by atoms with Gasteiger partial charge in [-0.3, -0.25) is 4.90 Å². The second kappa shape index (κ2) is 8.53. The van der Waals surface area contributed by atoms with Crippen LogP contribution in [0.25, 0.3) is 0 Å². The highest BCUT2D eigenvalue weighted by Gasteiger charge is 2.24. The molecule has 0 N–H and O–H groups in total. The first kappa shape index (κ1) is 18.4. The van der Waals surface area contributed by atoms with Crippen molar-refractivity contribution in [1.29, 1.82) is 0 Å². The molecule has 1 aliphatic heterocycles. The van der Waals surface area contributed by atoms with Crippen LogP contribution in [0.5, 0.6) is 0 Å². The van der Waals surface area contributed by atoms with Gasteiger partial charge in [0, 0.05) is 26.7 Å². The van der Waals surface area contributed by atoms with Crippen LogP contribution in [0.3, 0.4) is 0 Å². The zero-order valence-corrected chi connectivity index (χ0v) is 14.5. The van der Waals surface area contributed by atoms with Crippen molar-refractivity contribution >= 4 is 39.2 Å². The number of amidine groups is 1. The van der Waals surface area contributed by atoms with Crippen molar-refractivity contribution in [2.75, 3.05) is 41.8 Å². The zero-order chi connectivity index (χ0) is 13.0. The lowest BCUT2D eigenvalue weighted by Crippen LogP contribution is -2.33. The SMILES string of the molecule is CC(CCN(C)C1N=C(N(C)C)SS1)N(C)C.Cl. The van der Waals surface area contributed by atoms with Crippen molar-refractivity contribution in [1.82, 2.24) is 14.7 Å². The van der Waals surface area contributed by atoms with Crippen LogP contribution in [0.4, 0.5) is 0 Å². The lowest BCUT2D eigenvalue weighted by atomic mass is 10.2. The molecule has 0 aromatic carbocycles. The van der Waals surface area contributed by atoms with Crippen LogP contribution in [0.15, 0.2) is 4.99 Å². The first-order valence-electron chi connectivity index (χ1n) is 5.87. The third-order valence-electron chi connectivity index (χ3n) is 2.97. The summed E-state index contributed by atoms with van der Waals surface area (Å²) in [6.45, 7) is 3.35. The van der Waals surface area contributed by atoms with Crippen LogP contribution in [-0.2, 0) is 0 Å². The molecule has 0 aromatic heterocycles. The molecular formula is C11H25ClN4S2. The van der Waals surface area contributed by atoms with E-state index in [0.717, 1.165) is 11.7 Å². The summed E-state index contributed by atoms with van der Waals surface area (Å²) in [6, 6.07) is 0.619. The van der Waals surface area contributed by atoms with E-state index in [-0.39, 0.29) is 17.9 Å². The second-order valence-electron chi connectivity index (χ2n) is 4.89. The lowest BCUT2D eigenvalue weighted by Gasteiger charge is -2.25. The van der Waals surface area contributed by atoms with Gasteiger partial charge in [0.15, 0.2) is 10.7 Å². The maximum atomic E-state index is 4.69. The molecule has 4 nitrogen and oxygen atoms in total. The van der Waals surface area contributed by atoms with Crippen molar-refractivity contribution in [3.8, 4) is 0 Å². The molecule has 0 spiro atoms. The summed E-state index contributed by atoms with van der Waals surface area (Å²) in [5.41, 5.74) is 0.270. The van der Waals surface area contributed by atoms with Crippen LogP contribution >= 0.6 is 34.0 Å². The van der Waals surface area contributed by atoms with E-state index in [9.17, 15) is 0 Å². The Hall–Kier alpha value is 0.380. The molecule has 0 saturated heterocycles. The Kier molecular flexibility index (Phi) is 8.71. The maximum Gasteiger partial charge on any atom is 0.172 e. The van der Waals surface area contributed by atoms with E-state index in [4.69, 9.17) is 4.99 Å². The number of aliphatic imine (C=N–C) groups is 1. The number of rotatable bonds is 5. The lowest BCUT2D eigenvalue weighted by molar-refractivity contribution is 0.244. The summed E-state index contributed by atoms with van der Waals surface area (Å²) in [7, 11) is 14.1. The smallest absolute Gasteiger partial charge is 0.172 e. The fraction of sp³-hybridized carbons (Fsp3) is 0.909. The quantitative estimate of drug-likeness (QED) is 0.724. The van der Waals surface area contributed by atoms with Crippen LogP contribution in [-0.4, -0.2) is 73.2 Å². The van der Waals surface area contributed by atoms with E-state index in [1.54, 1.807) is 10.8 Å². The molecule has 2 unspecified atom stereocenters. The Morgan fingerprint density at radius 1 is 1.22 bits per heavy atom. The minimum Gasteiger partial charge on any atom is -0.357 e. The fourth-order valence-corrected chi connectivity index (χ4v) is 3.93. The van der Waals surface area contributed by atoms with E-state index >= 15 is 0 Å². The van der Waals surface area contributed by atoms with Crippen molar-refractivity contribution in [3.05, 3.63) is 0 Å². The van der Waals surface area contributed by atoms with Gasteiger partial charge in [-0.05, 0) is 56.1 Å². The highest BCUT2D eigenvalue weighted by Crippen LogP contribution is 2.38. The largest absolute Gasteiger partial charge is 0.357 e. The molecule has 0 bridgehead atoms. The minimum absolute atomic E-state index is 0. The van der Waals surface area contributed by atoms with Gasteiger partial charge < -0.3 is 9.80 Å². The second-order valence-corrected chi connectivity index (χ2v) is 7.12. The summed E-state index contributed by atoms with van der Waals surface area (Å²) in [6.07, 6.45) is 1.18. The van der Waals surface area contributed by atoms with Gasteiger partial charge in [0.05, 0.1) is 0 Å². The first-order chi connectivity index (χ1) is 7.91. The van der Waals surface area contributed by atoms with Gasteiger partial charge in [0.2, 0.25) is 0 Å². The molecule has 0 saturated carbocycles. The average molecular weight is 313 g/mol. The van der Waals surface area contributed by atoms with Gasteiger partial charge >= 0.3 is 0 Å². The molecule has 18 heavy (non-hydrogen) atoms. The third-order valence-corrected chi connectivity index (χ3v) is 5.58. The Morgan fingerprint density at radius 3 is 2.28 bits per heavy atom. The predicted octanol–water partition coefficient (Wildman–Crippen LogP) is 2.28. The molecule has 0 radical (unpaired) electrons. The highest BCUT2D eigenvalue weighted by molar-refractivity contribution is 8.82. The van der Waals surface area contributed by atoms with Gasteiger partial charge in [0.1, 0.15) is 0 Å². The van der Waals surface area contributed by atoms with Crippen LogP contribution in [0.1, 0.15) is 13.3 Å². The van der Waals surface area contributed by atoms with Crippen molar-refractivity contribution in [2.45, 2.75) is 24.9 Å². The molecule has 7 heteroatoms. The minimum atomic E-state index is 0. The number of nitrogens with zero attached hydrogens (tertiary/aromatic N) is 4.